The zero-order valence-corrected chi connectivity index (χ0v) is 18.9. The molecule has 3 heterocycles. The van der Waals surface area contributed by atoms with Crippen LogP contribution in [0.15, 0.2) is 60.8 Å². The van der Waals surface area contributed by atoms with Crippen LogP contribution in [-0.2, 0) is 16.0 Å². The van der Waals surface area contributed by atoms with Gasteiger partial charge in [-0.15, -0.1) is 0 Å². The van der Waals surface area contributed by atoms with E-state index in [4.69, 9.17) is 11.6 Å². The summed E-state index contributed by atoms with van der Waals surface area (Å²) >= 11 is 6.03. The molecule has 0 radical (unpaired) electrons. The average Bonchev–Trinajstić information content (AvgIpc) is 3.25. The Labute approximate surface area is 204 Å². The molecule has 10 nitrogen and oxygen atoms in total. The fraction of sp³-hybridized carbons (Fsp3) is 0.125. The highest BCUT2D eigenvalue weighted by atomic mass is 35.5. The SMILES string of the molecule is O=C(CN1C(=O)C(NC(=O)c2cc3cc(Cl)ccc3[nH]2)Cc2ccccc21)Nc1nccc(O)n1. The molecule has 35 heavy (non-hydrogen) atoms. The maximum absolute atomic E-state index is 13.3. The molecular weight excluding hydrogens is 472 g/mol. The van der Waals surface area contributed by atoms with Crippen molar-refractivity contribution in [2.24, 2.45) is 0 Å². The molecule has 0 fully saturated rings. The number of hydrogen-bond donors (Lipinski definition) is 4. The van der Waals surface area contributed by atoms with Crippen molar-refractivity contribution in [2.75, 3.05) is 16.8 Å². The van der Waals surface area contributed by atoms with Gasteiger partial charge in [0.05, 0.1) is 0 Å². The zero-order valence-electron chi connectivity index (χ0n) is 18.2. The summed E-state index contributed by atoms with van der Waals surface area (Å²) in [5.41, 5.74) is 2.42. The Balaban J connectivity index is 1.36. The van der Waals surface area contributed by atoms with E-state index in [0.29, 0.717) is 16.4 Å². The van der Waals surface area contributed by atoms with Gasteiger partial charge >= 0.3 is 0 Å². The average molecular weight is 491 g/mol. The van der Waals surface area contributed by atoms with Crippen LogP contribution >= 0.6 is 11.6 Å². The van der Waals surface area contributed by atoms with Crippen molar-refractivity contribution in [3.8, 4) is 5.88 Å². The highest BCUT2D eigenvalue weighted by Gasteiger charge is 2.35. The predicted octanol–water partition coefficient (Wildman–Crippen LogP) is 2.64. The number of carbonyl (C=O) groups excluding carboxylic acids is 3. The molecule has 3 amide bonds. The first kappa shape index (κ1) is 22.4. The molecule has 0 aliphatic carbocycles. The van der Waals surface area contributed by atoms with E-state index >= 15 is 0 Å². The molecule has 5 rings (SSSR count). The van der Waals surface area contributed by atoms with Crippen molar-refractivity contribution in [2.45, 2.75) is 12.5 Å². The summed E-state index contributed by atoms with van der Waals surface area (Å²) in [7, 11) is 0. The molecule has 0 spiro atoms. The summed E-state index contributed by atoms with van der Waals surface area (Å²) in [6.45, 7) is -0.327. The summed E-state index contributed by atoms with van der Waals surface area (Å²) < 4.78 is 0. The molecule has 1 aliphatic heterocycles. The van der Waals surface area contributed by atoms with E-state index in [-0.39, 0.29) is 24.8 Å². The van der Waals surface area contributed by atoms with Crippen molar-refractivity contribution >= 4 is 51.9 Å². The number of aromatic hydroxyl groups is 1. The number of aromatic amines is 1. The van der Waals surface area contributed by atoms with E-state index in [9.17, 15) is 19.5 Å². The lowest BCUT2D eigenvalue weighted by atomic mass is 9.97. The number of H-pyrrole nitrogens is 1. The predicted molar refractivity (Wildman–Crippen MR) is 129 cm³/mol. The van der Waals surface area contributed by atoms with Gasteiger partial charge in [0.25, 0.3) is 5.91 Å². The van der Waals surface area contributed by atoms with Gasteiger partial charge in [-0.25, -0.2) is 4.98 Å². The van der Waals surface area contributed by atoms with Crippen LogP contribution in [0.2, 0.25) is 5.02 Å². The third-order valence-electron chi connectivity index (χ3n) is 5.60. The van der Waals surface area contributed by atoms with E-state index in [1.807, 2.05) is 12.1 Å². The van der Waals surface area contributed by atoms with Crippen LogP contribution in [0.1, 0.15) is 16.1 Å². The molecule has 4 aromatic rings. The van der Waals surface area contributed by atoms with Crippen LogP contribution in [0, 0.1) is 0 Å². The highest BCUT2D eigenvalue weighted by Crippen LogP contribution is 2.28. The number of amides is 3. The monoisotopic (exact) mass is 490 g/mol. The van der Waals surface area contributed by atoms with Gasteiger partial charge in [0, 0.05) is 40.3 Å². The van der Waals surface area contributed by atoms with Crippen LogP contribution in [0.4, 0.5) is 11.6 Å². The number of anilines is 2. The standard InChI is InChI=1S/C24H19ClN6O4/c25-15-5-6-16-14(9-15)11-17(27-16)22(34)28-18-10-13-3-1-2-4-19(13)31(23(18)35)12-21(33)30-24-26-8-7-20(32)29-24/h1-9,11,18,27H,10,12H2,(H,28,34)(H2,26,29,30,32,33). The minimum atomic E-state index is -0.878. The minimum Gasteiger partial charge on any atom is -0.493 e. The van der Waals surface area contributed by atoms with Gasteiger partial charge in [0.15, 0.2) is 0 Å². The second-order valence-electron chi connectivity index (χ2n) is 7.98. The third-order valence-corrected chi connectivity index (χ3v) is 5.83. The number of aromatic nitrogens is 3. The van der Waals surface area contributed by atoms with Crippen LogP contribution in [-0.4, -0.2) is 50.4 Å². The largest absolute Gasteiger partial charge is 0.493 e. The lowest BCUT2D eigenvalue weighted by Gasteiger charge is -2.34. The highest BCUT2D eigenvalue weighted by molar-refractivity contribution is 6.31. The van der Waals surface area contributed by atoms with Gasteiger partial charge in [-0.1, -0.05) is 29.8 Å². The first-order valence-corrected chi connectivity index (χ1v) is 11.1. The van der Waals surface area contributed by atoms with Crippen LogP contribution < -0.4 is 15.5 Å². The molecule has 0 saturated carbocycles. The molecule has 0 bridgehead atoms. The Kier molecular flexibility index (Phi) is 5.79. The number of nitrogens with zero attached hydrogens (tertiary/aromatic N) is 3. The summed E-state index contributed by atoms with van der Waals surface area (Å²) in [5.74, 6) is -1.82. The zero-order chi connectivity index (χ0) is 24.5. The maximum atomic E-state index is 13.3. The molecular formula is C24H19ClN6O4. The Hall–Kier alpha value is -4.44. The Morgan fingerprint density at radius 1 is 1.17 bits per heavy atom. The minimum absolute atomic E-state index is 0.0866. The molecule has 2 aromatic carbocycles. The quantitative estimate of drug-likeness (QED) is 0.339. The number of halogens is 1. The summed E-state index contributed by atoms with van der Waals surface area (Å²) in [4.78, 5) is 50.9. The molecule has 11 heteroatoms. The molecule has 176 valence electrons. The van der Waals surface area contributed by atoms with E-state index < -0.39 is 23.8 Å². The summed E-state index contributed by atoms with van der Waals surface area (Å²) in [6, 6.07) is 14.5. The smallest absolute Gasteiger partial charge is 0.268 e. The first-order valence-electron chi connectivity index (χ1n) is 10.7. The van der Waals surface area contributed by atoms with Crippen LogP contribution in [0.5, 0.6) is 5.88 Å². The van der Waals surface area contributed by atoms with Gasteiger partial charge in [-0.3, -0.25) is 19.7 Å². The number of hydrogen-bond acceptors (Lipinski definition) is 6. The van der Waals surface area contributed by atoms with E-state index in [0.717, 1.165) is 16.5 Å². The second kappa shape index (κ2) is 9.07. The third kappa shape index (κ3) is 4.64. The lowest BCUT2D eigenvalue weighted by molar-refractivity contribution is -0.123. The van der Waals surface area contributed by atoms with E-state index in [1.165, 1.54) is 17.2 Å². The molecule has 1 aliphatic rings. The Bertz CT molecular complexity index is 1470. The number of benzene rings is 2. The first-order chi connectivity index (χ1) is 16.9. The van der Waals surface area contributed by atoms with Gasteiger partial charge in [-0.2, -0.15) is 4.98 Å². The van der Waals surface area contributed by atoms with Gasteiger partial charge in [-0.05, 0) is 35.9 Å². The van der Waals surface area contributed by atoms with E-state index in [2.05, 4.69) is 25.6 Å². The number of para-hydroxylation sites is 1. The number of nitrogens with one attached hydrogen (secondary N) is 3. The van der Waals surface area contributed by atoms with Crippen LogP contribution in [0.25, 0.3) is 10.9 Å². The van der Waals surface area contributed by atoms with Gasteiger partial charge < -0.3 is 20.3 Å². The van der Waals surface area contributed by atoms with Crippen molar-refractivity contribution in [3.63, 3.8) is 0 Å². The molecule has 1 unspecified atom stereocenters. The molecule has 1 atom stereocenters. The molecule has 4 N–H and O–H groups in total. The molecule has 0 saturated heterocycles. The summed E-state index contributed by atoms with van der Waals surface area (Å²) in [5, 5.41) is 16.0. The van der Waals surface area contributed by atoms with Crippen molar-refractivity contribution in [3.05, 3.63) is 77.1 Å². The lowest BCUT2D eigenvalue weighted by Crippen LogP contribution is -2.54. The van der Waals surface area contributed by atoms with Crippen LogP contribution in [0.3, 0.4) is 0 Å². The van der Waals surface area contributed by atoms with Crippen molar-refractivity contribution in [1.29, 1.82) is 0 Å². The molecule has 2 aromatic heterocycles. The number of fused-ring (bicyclic) bond motifs is 2. The van der Waals surface area contributed by atoms with Crippen molar-refractivity contribution < 1.29 is 19.5 Å². The topological polar surface area (TPSA) is 140 Å². The Morgan fingerprint density at radius 3 is 2.83 bits per heavy atom. The second-order valence-corrected chi connectivity index (χ2v) is 8.42. The van der Waals surface area contributed by atoms with Gasteiger partial charge in [0.2, 0.25) is 23.6 Å². The fourth-order valence-electron chi connectivity index (χ4n) is 4.02. The fourth-order valence-corrected chi connectivity index (χ4v) is 4.20. The van der Waals surface area contributed by atoms with Crippen molar-refractivity contribution in [1.82, 2.24) is 20.3 Å². The number of carbonyl (C=O) groups is 3. The normalized spacial score (nSPS) is 15.1. The summed E-state index contributed by atoms with van der Waals surface area (Å²) in [6.07, 6.45) is 1.57. The van der Waals surface area contributed by atoms with E-state index in [1.54, 1.807) is 36.4 Å². The van der Waals surface area contributed by atoms with Gasteiger partial charge in [0.1, 0.15) is 18.3 Å². The number of rotatable bonds is 5. The Morgan fingerprint density at radius 2 is 2.00 bits per heavy atom. The maximum Gasteiger partial charge on any atom is 0.268 e.